The first-order valence-electron chi connectivity index (χ1n) is 6.38. The molecule has 112 valence electrons. The summed E-state index contributed by atoms with van der Waals surface area (Å²) in [7, 11) is 3.23. The lowest BCUT2D eigenvalue weighted by atomic mass is 10.2. The number of rotatable bonds is 3. The predicted molar refractivity (Wildman–Crippen MR) is 78.0 cm³/mol. The highest BCUT2D eigenvalue weighted by Gasteiger charge is 2.32. The Bertz CT molecular complexity index is 638. The highest BCUT2D eigenvalue weighted by atomic mass is 19.4. The maximum absolute atomic E-state index is 12.9. The van der Waals surface area contributed by atoms with Crippen molar-refractivity contribution in [1.82, 2.24) is 4.98 Å². The average molecular weight is 295 g/mol. The van der Waals surface area contributed by atoms with Gasteiger partial charge in [0, 0.05) is 19.8 Å². The molecule has 0 aliphatic heterocycles. The molecule has 1 N–H and O–H groups in total. The molecule has 1 aromatic carbocycles. The molecule has 0 aliphatic rings. The summed E-state index contributed by atoms with van der Waals surface area (Å²) in [6.07, 6.45) is -4.41. The molecular formula is C15H16F3N3. The van der Waals surface area contributed by atoms with E-state index in [0.717, 1.165) is 23.4 Å². The fourth-order valence-electron chi connectivity index (χ4n) is 1.95. The molecule has 0 spiro atoms. The number of alkyl halides is 3. The number of benzene rings is 1. The van der Waals surface area contributed by atoms with Gasteiger partial charge in [-0.25, -0.2) is 4.98 Å². The summed E-state index contributed by atoms with van der Waals surface area (Å²) < 4.78 is 38.8. The van der Waals surface area contributed by atoms with E-state index in [4.69, 9.17) is 0 Å². The van der Waals surface area contributed by atoms with Crippen LogP contribution in [-0.2, 0) is 6.18 Å². The fourth-order valence-corrected chi connectivity index (χ4v) is 1.95. The van der Waals surface area contributed by atoms with Gasteiger partial charge in [0.05, 0.1) is 5.56 Å². The third-order valence-electron chi connectivity index (χ3n) is 3.13. The standard InChI is InChI=1S/C15H16F3N3/c1-10-5-4-6-12(7-10)21(3)14-9-11(15(16,17)18)8-13(19-2)20-14/h4-9H,1-3H3,(H,19,20). The van der Waals surface area contributed by atoms with Crippen LogP contribution < -0.4 is 10.2 Å². The quantitative estimate of drug-likeness (QED) is 0.919. The first-order valence-corrected chi connectivity index (χ1v) is 6.38. The molecule has 3 nitrogen and oxygen atoms in total. The zero-order valence-electron chi connectivity index (χ0n) is 12.0. The molecule has 6 heteroatoms. The molecule has 0 saturated carbocycles. The smallest absolute Gasteiger partial charge is 0.373 e. The Morgan fingerprint density at radius 3 is 2.43 bits per heavy atom. The van der Waals surface area contributed by atoms with Gasteiger partial charge in [0.2, 0.25) is 0 Å². The summed E-state index contributed by atoms with van der Waals surface area (Å²) in [6.45, 7) is 1.93. The van der Waals surface area contributed by atoms with Gasteiger partial charge < -0.3 is 10.2 Å². The minimum absolute atomic E-state index is 0.180. The second kappa shape index (κ2) is 5.63. The Hall–Kier alpha value is -2.24. The first-order chi connectivity index (χ1) is 9.81. The Kier molecular flexibility index (Phi) is 4.06. The normalized spacial score (nSPS) is 11.3. The number of aryl methyl sites for hydroxylation is 1. The van der Waals surface area contributed by atoms with Gasteiger partial charge in [-0.05, 0) is 36.8 Å². The molecule has 0 amide bonds. The molecule has 0 saturated heterocycles. The first kappa shape index (κ1) is 15.2. The molecule has 1 aromatic heterocycles. The predicted octanol–water partition coefficient (Wildman–Crippen LogP) is 4.22. The summed E-state index contributed by atoms with van der Waals surface area (Å²) >= 11 is 0. The van der Waals surface area contributed by atoms with Gasteiger partial charge in [0.1, 0.15) is 11.6 Å². The number of pyridine rings is 1. The minimum atomic E-state index is -4.41. The van der Waals surface area contributed by atoms with Crippen molar-refractivity contribution in [3.63, 3.8) is 0 Å². The highest BCUT2D eigenvalue weighted by molar-refractivity contribution is 5.62. The molecule has 2 rings (SSSR count). The van der Waals surface area contributed by atoms with Crippen LogP contribution in [0.15, 0.2) is 36.4 Å². The van der Waals surface area contributed by atoms with E-state index in [-0.39, 0.29) is 11.6 Å². The van der Waals surface area contributed by atoms with Gasteiger partial charge in [-0.2, -0.15) is 13.2 Å². The van der Waals surface area contributed by atoms with Crippen molar-refractivity contribution in [2.45, 2.75) is 13.1 Å². The van der Waals surface area contributed by atoms with Crippen LogP contribution >= 0.6 is 0 Å². The topological polar surface area (TPSA) is 28.2 Å². The Balaban J connectivity index is 2.47. The van der Waals surface area contributed by atoms with Crippen LogP contribution in [-0.4, -0.2) is 19.1 Å². The summed E-state index contributed by atoms with van der Waals surface area (Å²) in [5, 5.41) is 2.66. The van der Waals surface area contributed by atoms with Gasteiger partial charge in [0.25, 0.3) is 0 Å². The van der Waals surface area contributed by atoms with E-state index in [0.29, 0.717) is 0 Å². The van der Waals surface area contributed by atoms with Crippen molar-refractivity contribution in [2.24, 2.45) is 0 Å². The molecule has 0 fully saturated rings. The van der Waals surface area contributed by atoms with Gasteiger partial charge in [-0.3, -0.25) is 0 Å². The van der Waals surface area contributed by atoms with E-state index in [2.05, 4.69) is 10.3 Å². The Morgan fingerprint density at radius 1 is 1.14 bits per heavy atom. The third kappa shape index (κ3) is 3.45. The van der Waals surface area contributed by atoms with Crippen molar-refractivity contribution < 1.29 is 13.2 Å². The van der Waals surface area contributed by atoms with Gasteiger partial charge in [0.15, 0.2) is 0 Å². The largest absolute Gasteiger partial charge is 0.416 e. The second-order valence-electron chi connectivity index (χ2n) is 4.75. The number of nitrogens with zero attached hydrogens (tertiary/aromatic N) is 2. The van der Waals surface area contributed by atoms with Crippen LogP contribution in [0.1, 0.15) is 11.1 Å². The molecule has 0 aliphatic carbocycles. The minimum Gasteiger partial charge on any atom is -0.373 e. The zero-order valence-corrected chi connectivity index (χ0v) is 12.0. The lowest BCUT2D eigenvalue weighted by Gasteiger charge is -2.21. The van der Waals surface area contributed by atoms with Crippen molar-refractivity contribution >= 4 is 17.3 Å². The van der Waals surface area contributed by atoms with E-state index < -0.39 is 11.7 Å². The maximum Gasteiger partial charge on any atom is 0.416 e. The van der Waals surface area contributed by atoms with Crippen molar-refractivity contribution in [3.8, 4) is 0 Å². The summed E-state index contributed by atoms with van der Waals surface area (Å²) in [4.78, 5) is 5.81. The number of hydrogen-bond donors (Lipinski definition) is 1. The van der Waals surface area contributed by atoms with E-state index in [1.54, 1.807) is 19.0 Å². The summed E-state index contributed by atoms with van der Waals surface area (Å²) in [5.74, 6) is 0.416. The van der Waals surface area contributed by atoms with Crippen LogP contribution in [0.2, 0.25) is 0 Å². The summed E-state index contributed by atoms with van der Waals surface area (Å²) in [5.41, 5.74) is 1.08. The Morgan fingerprint density at radius 2 is 1.86 bits per heavy atom. The van der Waals surface area contributed by atoms with Crippen LogP contribution in [0.25, 0.3) is 0 Å². The van der Waals surface area contributed by atoms with Crippen LogP contribution in [0.5, 0.6) is 0 Å². The van der Waals surface area contributed by atoms with E-state index >= 15 is 0 Å². The number of anilines is 3. The third-order valence-corrected chi connectivity index (χ3v) is 3.13. The highest BCUT2D eigenvalue weighted by Crippen LogP contribution is 2.34. The van der Waals surface area contributed by atoms with Gasteiger partial charge in [-0.15, -0.1) is 0 Å². The van der Waals surface area contributed by atoms with Crippen molar-refractivity contribution in [3.05, 3.63) is 47.5 Å². The number of hydrogen-bond acceptors (Lipinski definition) is 3. The molecule has 0 radical (unpaired) electrons. The number of nitrogens with one attached hydrogen (secondary N) is 1. The zero-order chi connectivity index (χ0) is 15.6. The number of aromatic nitrogens is 1. The molecule has 0 atom stereocenters. The molecule has 1 heterocycles. The van der Waals surface area contributed by atoms with E-state index in [1.807, 2.05) is 31.2 Å². The van der Waals surface area contributed by atoms with E-state index in [1.165, 1.54) is 0 Å². The number of halogens is 3. The van der Waals surface area contributed by atoms with Crippen molar-refractivity contribution in [1.29, 1.82) is 0 Å². The monoisotopic (exact) mass is 295 g/mol. The van der Waals surface area contributed by atoms with Crippen molar-refractivity contribution in [2.75, 3.05) is 24.3 Å². The average Bonchev–Trinajstić information content (AvgIpc) is 2.45. The van der Waals surface area contributed by atoms with Crippen LogP contribution in [0.4, 0.5) is 30.5 Å². The molecule has 0 unspecified atom stereocenters. The molecular weight excluding hydrogens is 279 g/mol. The summed E-state index contributed by atoms with van der Waals surface area (Å²) in [6, 6.07) is 9.54. The fraction of sp³-hybridized carbons (Fsp3) is 0.267. The lowest BCUT2D eigenvalue weighted by Crippen LogP contribution is -2.15. The SMILES string of the molecule is CNc1cc(C(F)(F)F)cc(N(C)c2cccc(C)c2)n1. The second-order valence-corrected chi connectivity index (χ2v) is 4.75. The van der Waals surface area contributed by atoms with Crippen LogP contribution in [0, 0.1) is 6.92 Å². The van der Waals surface area contributed by atoms with Gasteiger partial charge in [-0.1, -0.05) is 12.1 Å². The Labute approximate surface area is 121 Å². The molecule has 2 aromatic rings. The molecule has 21 heavy (non-hydrogen) atoms. The van der Waals surface area contributed by atoms with Gasteiger partial charge >= 0.3 is 6.18 Å². The maximum atomic E-state index is 12.9. The molecule has 0 bridgehead atoms. The van der Waals surface area contributed by atoms with E-state index in [9.17, 15) is 13.2 Å². The lowest BCUT2D eigenvalue weighted by molar-refractivity contribution is -0.137. The van der Waals surface area contributed by atoms with Crippen LogP contribution in [0.3, 0.4) is 0 Å².